The van der Waals surface area contributed by atoms with Gasteiger partial charge in [-0.1, -0.05) is 23.7 Å². The van der Waals surface area contributed by atoms with Gasteiger partial charge in [0.2, 0.25) is 0 Å². The van der Waals surface area contributed by atoms with E-state index in [0.29, 0.717) is 0 Å². The summed E-state index contributed by atoms with van der Waals surface area (Å²) in [5, 5.41) is 0.724. The highest BCUT2D eigenvalue weighted by molar-refractivity contribution is 9.10. The molecule has 0 aliphatic heterocycles. The van der Waals surface area contributed by atoms with Crippen LogP contribution in [-0.2, 0) is 0 Å². The van der Waals surface area contributed by atoms with E-state index in [1.165, 1.54) is 0 Å². The van der Waals surface area contributed by atoms with Crippen molar-refractivity contribution < 1.29 is 0 Å². The van der Waals surface area contributed by atoms with E-state index < -0.39 is 0 Å². The summed E-state index contributed by atoms with van der Waals surface area (Å²) in [5.41, 5.74) is 1.82. The summed E-state index contributed by atoms with van der Waals surface area (Å²) in [7, 11) is 0. The number of hydrogen-bond donors (Lipinski definition) is 0. The number of benzene rings is 1. The topological polar surface area (TPSA) is 25.2 Å². The van der Waals surface area contributed by atoms with Crippen LogP contribution in [0.15, 0.2) is 52.2 Å². The molecule has 0 bridgehead atoms. The summed E-state index contributed by atoms with van der Waals surface area (Å²) in [6.45, 7) is 0. The molecule has 16 heavy (non-hydrogen) atoms. The molecule has 1 aromatic heterocycles. The van der Waals surface area contributed by atoms with Gasteiger partial charge in [0.1, 0.15) is 4.60 Å². The lowest BCUT2D eigenvalue weighted by molar-refractivity contribution is 1.26. The molecule has 2 aromatic rings. The van der Waals surface area contributed by atoms with Gasteiger partial charge in [0.25, 0.3) is 0 Å². The van der Waals surface area contributed by atoms with Crippen LogP contribution in [0.4, 0.5) is 5.69 Å². The second-order valence-corrected chi connectivity index (χ2v) is 4.40. The zero-order valence-corrected chi connectivity index (χ0v) is 10.6. The smallest absolute Gasteiger partial charge is 0.106 e. The number of hydrogen-bond acceptors (Lipinski definition) is 2. The third-order valence-corrected chi connectivity index (χ3v) is 2.67. The largest absolute Gasteiger partial charge is 0.255 e. The summed E-state index contributed by atoms with van der Waals surface area (Å²) in [6, 6.07) is 11.2. The number of aliphatic imine (C=N–C) groups is 1. The Balaban J connectivity index is 2.15. The average Bonchev–Trinajstić information content (AvgIpc) is 2.30. The SMILES string of the molecule is Clc1ccc(C=Nc2ccc(Br)nc2)cc1. The van der Waals surface area contributed by atoms with Gasteiger partial charge >= 0.3 is 0 Å². The molecular weight excluding hydrogens is 288 g/mol. The Bertz CT molecular complexity index is 444. The summed E-state index contributed by atoms with van der Waals surface area (Å²) in [5.74, 6) is 0. The van der Waals surface area contributed by atoms with E-state index in [1.54, 1.807) is 12.4 Å². The molecule has 0 aliphatic carbocycles. The number of rotatable bonds is 2. The van der Waals surface area contributed by atoms with Gasteiger partial charge < -0.3 is 0 Å². The molecule has 2 rings (SSSR count). The van der Waals surface area contributed by atoms with Gasteiger partial charge in [-0.2, -0.15) is 0 Å². The zero-order valence-electron chi connectivity index (χ0n) is 8.27. The first-order valence-electron chi connectivity index (χ1n) is 4.65. The van der Waals surface area contributed by atoms with E-state index in [0.717, 1.165) is 20.9 Å². The van der Waals surface area contributed by atoms with Crippen LogP contribution < -0.4 is 0 Å². The van der Waals surface area contributed by atoms with Crippen LogP contribution in [-0.4, -0.2) is 11.2 Å². The molecule has 0 atom stereocenters. The minimum absolute atomic E-state index is 0.724. The second-order valence-electron chi connectivity index (χ2n) is 3.15. The molecule has 0 unspecified atom stereocenters. The third-order valence-electron chi connectivity index (χ3n) is 1.94. The Morgan fingerprint density at radius 2 is 1.88 bits per heavy atom. The highest BCUT2D eigenvalue weighted by Gasteiger charge is 1.91. The summed E-state index contributed by atoms with van der Waals surface area (Å²) in [4.78, 5) is 8.38. The van der Waals surface area contributed by atoms with E-state index in [2.05, 4.69) is 25.9 Å². The highest BCUT2D eigenvalue weighted by Crippen LogP contribution is 2.14. The molecule has 80 valence electrons. The molecule has 0 saturated heterocycles. The van der Waals surface area contributed by atoms with Crippen molar-refractivity contribution in [3.05, 3.63) is 57.8 Å². The number of pyridine rings is 1. The molecule has 1 aromatic carbocycles. The maximum atomic E-state index is 5.79. The molecule has 1 heterocycles. The maximum absolute atomic E-state index is 5.79. The number of aromatic nitrogens is 1. The molecule has 0 fully saturated rings. The molecular formula is C12H8BrClN2. The molecule has 4 heteroatoms. The lowest BCUT2D eigenvalue weighted by Crippen LogP contribution is -1.79. The van der Waals surface area contributed by atoms with Crippen molar-refractivity contribution in [1.29, 1.82) is 0 Å². The molecule has 0 amide bonds. The summed E-state index contributed by atoms with van der Waals surface area (Å²) < 4.78 is 0.804. The van der Waals surface area contributed by atoms with E-state index in [4.69, 9.17) is 11.6 Å². The van der Waals surface area contributed by atoms with Crippen LogP contribution in [0.25, 0.3) is 0 Å². The molecule has 0 aliphatic rings. The zero-order chi connectivity index (χ0) is 11.4. The van der Waals surface area contributed by atoms with E-state index in [-0.39, 0.29) is 0 Å². The van der Waals surface area contributed by atoms with Crippen LogP contribution in [0, 0.1) is 0 Å². The van der Waals surface area contributed by atoms with E-state index >= 15 is 0 Å². The van der Waals surface area contributed by atoms with Gasteiger partial charge in [0.05, 0.1) is 11.9 Å². The fourth-order valence-electron chi connectivity index (χ4n) is 1.14. The van der Waals surface area contributed by atoms with Crippen LogP contribution in [0.2, 0.25) is 5.02 Å². The van der Waals surface area contributed by atoms with Crippen molar-refractivity contribution in [1.82, 2.24) is 4.98 Å². The quantitative estimate of drug-likeness (QED) is 0.600. The Hall–Kier alpha value is -1.19. The molecule has 0 N–H and O–H groups in total. The highest BCUT2D eigenvalue weighted by atomic mass is 79.9. The predicted octanol–water partition coefficient (Wildman–Crippen LogP) is 4.25. The average molecular weight is 296 g/mol. The second kappa shape index (κ2) is 5.23. The Kier molecular flexibility index (Phi) is 3.70. The number of nitrogens with zero attached hydrogens (tertiary/aromatic N) is 2. The predicted molar refractivity (Wildman–Crippen MR) is 70.6 cm³/mol. The standard InChI is InChI=1S/C12H8BrClN2/c13-12-6-5-11(8-16-12)15-7-9-1-3-10(14)4-2-9/h1-8H. The van der Waals surface area contributed by atoms with Crippen LogP contribution in [0.5, 0.6) is 0 Å². The van der Waals surface area contributed by atoms with Crippen molar-refractivity contribution in [3.8, 4) is 0 Å². The van der Waals surface area contributed by atoms with Crippen molar-refractivity contribution in [2.45, 2.75) is 0 Å². The monoisotopic (exact) mass is 294 g/mol. The van der Waals surface area contributed by atoms with Gasteiger partial charge in [0, 0.05) is 11.2 Å². The Labute approximate surface area is 107 Å². The lowest BCUT2D eigenvalue weighted by atomic mass is 10.2. The van der Waals surface area contributed by atoms with Gasteiger partial charge in [-0.3, -0.25) is 4.99 Å². The van der Waals surface area contributed by atoms with Crippen molar-refractivity contribution in [2.24, 2.45) is 4.99 Å². The van der Waals surface area contributed by atoms with Crippen LogP contribution >= 0.6 is 27.5 Å². The summed E-state index contributed by atoms with van der Waals surface area (Å²) in [6.07, 6.45) is 3.48. The van der Waals surface area contributed by atoms with Crippen molar-refractivity contribution in [3.63, 3.8) is 0 Å². The maximum Gasteiger partial charge on any atom is 0.106 e. The summed E-state index contributed by atoms with van der Waals surface area (Å²) >= 11 is 9.06. The Morgan fingerprint density at radius 3 is 2.50 bits per heavy atom. The minimum Gasteiger partial charge on any atom is -0.255 e. The normalized spacial score (nSPS) is 10.9. The van der Waals surface area contributed by atoms with Gasteiger partial charge in [0.15, 0.2) is 0 Å². The molecule has 0 radical (unpaired) electrons. The first kappa shape index (κ1) is 11.3. The van der Waals surface area contributed by atoms with Crippen LogP contribution in [0.3, 0.4) is 0 Å². The molecule has 0 saturated carbocycles. The van der Waals surface area contributed by atoms with E-state index in [1.807, 2.05) is 36.4 Å². The minimum atomic E-state index is 0.724. The van der Waals surface area contributed by atoms with Gasteiger partial charge in [-0.05, 0) is 45.8 Å². The van der Waals surface area contributed by atoms with Crippen molar-refractivity contribution >= 4 is 39.4 Å². The fourth-order valence-corrected chi connectivity index (χ4v) is 1.50. The first-order valence-corrected chi connectivity index (χ1v) is 5.82. The van der Waals surface area contributed by atoms with E-state index in [9.17, 15) is 0 Å². The fraction of sp³-hybridized carbons (Fsp3) is 0. The third kappa shape index (κ3) is 3.15. The van der Waals surface area contributed by atoms with Crippen molar-refractivity contribution in [2.75, 3.05) is 0 Å². The lowest BCUT2D eigenvalue weighted by Gasteiger charge is -1.94. The first-order chi connectivity index (χ1) is 7.74. The van der Waals surface area contributed by atoms with Crippen LogP contribution in [0.1, 0.15) is 5.56 Å². The van der Waals surface area contributed by atoms with Gasteiger partial charge in [-0.15, -0.1) is 0 Å². The molecule has 2 nitrogen and oxygen atoms in total. The molecule has 0 spiro atoms. The van der Waals surface area contributed by atoms with Gasteiger partial charge in [-0.25, -0.2) is 4.98 Å². The number of halogens is 2. The Morgan fingerprint density at radius 1 is 1.12 bits per heavy atom.